The van der Waals surface area contributed by atoms with Crippen molar-refractivity contribution in [3.8, 4) is 56.2 Å². The van der Waals surface area contributed by atoms with Crippen molar-refractivity contribution in [3.63, 3.8) is 0 Å². The Labute approximate surface area is 255 Å². The minimum Gasteiger partial charge on any atom is -0.245 e. The summed E-state index contributed by atoms with van der Waals surface area (Å²) < 4.78 is 0. The third-order valence-electron chi connectivity index (χ3n) is 7.96. The van der Waals surface area contributed by atoms with Gasteiger partial charge >= 0.3 is 0 Å². The van der Waals surface area contributed by atoms with Crippen molar-refractivity contribution in [3.05, 3.63) is 158 Å². The number of hydrogen-bond acceptors (Lipinski definition) is 4. The van der Waals surface area contributed by atoms with Crippen LogP contribution in [0.1, 0.15) is 0 Å². The number of pyridine rings is 2. The van der Waals surface area contributed by atoms with Crippen LogP contribution >= 0.6 is 0 Å². The quantitative estimate of drug-likeness (QED) is 0.196. The lowest BCUT2D eigenvalue weighted by molar-refractivity contribution is 1.18. The van der Waals surface area contributed by atoms with Crippen LogP contribution in [-0.2, 0) is 0 Å². The van der Waals surface area contributed by atoms with Crippen molar-refractivity contribution in [2.24, 2.45) is 0 Å². The summed E-state index contributed by atoms with van der Waals surface area (Å²) in [6.45, 7) is 0. The summed E-state index contributed by atoms with van der Waals surface area (Å²) in [6.07, 6.45) is 3.80. The molecule has 8 rings (SSSR count). The van der Waals surface area contributed by atoms with Gasteiger partial charge in [-0.25, -0.2) is 19.9 Å². The lowest BCUT2D eigenvalue weighted by Crippen LogP contribution is -1.92. The third kappa shape index (κ3) is 4.89. The highest BCUT2D eigenvalue weighted by molar-refractivity contribution is 6.04. The molecule has 0 amide bonds. The Morgan fingerprint density at radius 1 is 0.318 bits per heavy atom. The van der Waals surface area contributed by atoms with E-state index in [1.807, 2.05) is 48.8 Å². The van der Waals surface area contributed by atoms with Gasteiger partial charge in [0.25, 0.3) is 0 Å². The molecule has 0 radical (unpaired) electrons. The second kappa shape index (κ2) is 11.0. The van der Waals surface area contributed by atoms with Gasteiger partial charge in [0.1, 0.15) is 0 Å². The highest BCUT2D eigenvalue weighted by Crippen LogP contribution is 2.31. The molecule has 0 bridgehead atoms. The van der Waals surface area contributed by atoms with Gasteiger partial charge in [-0.1, -0.05) is 121 Å². The molecule has 0 fully saturated rings. The summed E-state index contributed by atoms with van der Waals surface area (Å²) in [7, 11) is 0. The van der Waals surface area contributed by atoms with Gasteiger partial charge in [-0.05, 0) is 41.0 Å². The van der Waals surface area contributed by atoms with E-state index < -0.39 is 0 Å². The molecule has 0 spiro atoms. The maximum absolute atomic E-state index is 5.13. The van der Waals surface area contributed by atoms with Crippen molar-refractivity contribution in [2.45, 2.75) is 0 Å². The Morgan fingerprint density at radius 2 is 0.773 bits per heavy atom. The fraction of sp³-hybridized carbons (Fsp3) is 0. The molecule has 0 saturated carbocycles. The van der Waals surface area contributed by atoms with E-state index in [1.165, 1.54) is 11.1 Å². The number of aromatic nitrogens is 4. The number of rotatable bonds is 5. The third-order valence-corrected chi connectivity index (χ3v) is 7.96. The lowest BCUT2D eigenvalue weighted by Gasteiger charge is -2.09. The van der Waals surface area contributed by atoms with E-state index >= 15 is 0 Å². The maximum Gasteiger partial charge on any atom is 0.159 e. The normalized spacial score (nSPS) is 11.2. The maximum atomic E-state index is 5.13. The van der Waals surface area contributed by atoms with Gasteiger partial charge in [-0.15, -0.1) is 0 Å². The van der Waals surface area contributed by atoms with Gasteiger partial charge in [-0.2, -0.15) is 0 Å². The highest BCUT2D eigenvalue weighted by Gasteiger charge is 2.11. The predicted molar refractivity (Wildman–Crippen MR) is 180 cm³/mol. The first-order valence-electron chi connectivity index (χ1n) is 14.6. The van der Waals surface area contributed by atoms with E-state index in [2.05, 4.69) is 109 Å². The summed E-state index contributed by atoms with van der Waals surface area (Å²) in [5.41, 5.74) is 11.1. The molecule has 0 unspecified atom stereocenters. The number of hydrogen-bond donors (Lipinski definition) is 0. The fourth-order valence-corrected chi connectivity index (χ4v) is 5.65. The second-order valence-electron chi connectivity index (χ2n) is 10.8. The minimum absolute atomic E-state index is 0.676. The molecule has 0 N–H and O–H groups in total. The Balaban J connectivity index is 1.13. The Bertz CT molecular complexity index is 2260. The summed E-state index contributed by atoms with van der Waals surface area (Å²) in [6, 6.07) is 50.0. The van der Waals surface area contributed by atoms with Gasteiger partial charge in [0.15, 0.2) is 5.82 Å². The van der Waals surface area contributed by atoms with Crippen molar-refractivity contribution >= 4 is 21.8 Å². The SMILES string of the molecule is c1ccc(-c2cccc(-c3cnc(-c4cccc(-c5ccc6ccc7ccc(-c8ccccc8)nc7c6n5)c4)nc3)c2)cc1. The molecule has 0 aliphatic heterocycles. The molecular weight excluding hydrogens is 536 g/mol. The summed E-state index contributed by atoms with van der Waals surface area (Å²) in [4.78, 5) is 19.7. The molecule has 3 aromatic heterocycles. The Kier molecular flexibility index (Phi) is 6.43. The zero-order valence-corrected chi connectivity index (χ0v) is 23.8. The predicted octanol–water partition coefficient (Wildman–Crippen LogP) is 9.91. The molecule has 0 saturated heterocycles. The van der Waals surface area contributed by atoms with E-state index in [-0.39, 0.29) is 0 Å². The standard InChI is InChI=1S/C40H26N4/c1-3-9-27(10-4-1)31-13-7-14-32(23-31)35-25-41-40(42-26-35)34-16-8-15-33(24-34)37-22-20-30-18-17-29-19-21-36(28-11-5-2-6-12-28)43-38(29)39(30)44-37/h1-26H. The Morgan fingerprint density at radius 3 is 1.41 bits per heavy atom. The van der Waals surface area contributed by atoms with Gasteiger partial charge in [0.2, 0.25) is 0 Å². The number of fused-ring (bicyclic) bond motifs is 3. The van der Waals surface area contributed by atoms with Crippen LogP contribution in [0.3, 0.4) is 0 Å². The highest BCUT2D eigenvalue weighted by atomic mass is 14.9. The van der Waals surface area contributed by atoms with Crippen LogP contribution in [0.5, 0.6) is 0 Å². The van der Waals surface area contributed by atoms with Crippen LogP contribution in [-0.4, -0.2) is 19.9 Å². The first kappa shape index (κ1) is 25.7. The molecule has 44 heavy (non-hydrogen) atoms. The smallest absolute Gasteiger partial charge is 0.159 e. The van der Waals surface area contributed by atoms with E-state index in [0.29, 0.717) is 5.82 Å². The first-order valence-corrected chi connectivity index (χ1v) is 14.6. The minimum atomic E-state index is 0.676. The van der Waals surface area contributed by atoms with Crippen molar-refractivity contribution in [2.75, 3.05) is 0 Å². The number of nitrogens with zero attached hydrogens (tertiary/aromatic N) is 4. The molecule has 0 aliphatic rings. The number of benzene rings is 5. The molecule has 0 aliphatic carbocycles. The summed E-state index contributed by atoms with van der Waals surface area (Å²) >= 11 is 0. The van der Waals surface area contributed by atoms with Crippen LogP contribution in [0.4, 0.5) is 0 Å². The zero-order chi connectivity index (χ0) is 29.3. The second-order valence-corrected chi connectivity index (χ2v) is 10.8. The average Bonchev–Trinajstić information content (AvgIpc) is 3.12. The van der Waals surface area contributed by atoms with Gasteiger partial charge in [0.05, 0.1) is 22.4 Å². The van der Waals surface area contributed by atoms with E-state index in [1.54, 1.807) is 0 Å². The van der Waals surface area contributed by atoms with Crippen molar-refractivity contribution in [1.29, 1.82) is 0 Å². The lowest BCUT2D eigenvalue weighted by atomic mass is 10.0. The fourth-order valence-electron chi connectivity index (χ4n) is 5.65. The topological polar surface area (TPSA) is 51.6 Å². The van der Waals surface area contributed by atoms with Crippen LogP contribution < -0.4 is 0 Å². The molecular formula is C40H26N4. The molecule has 4 heteroatoms. The molecule has 4 nitrogen and oxygen atoms in total. The molecule has 8 aromatic rings. The molecule has 5 aromatic carbocycles. The summed E-state index contributed by atoms with van der Waals surface area (Å²) in [5, 5.41) is 2.13. The molecule has 0 atom stereocenters. The van der Waals surface area contributed by atoms with Gasteiger partial charge < -0.3 is 0 Å². The van der Waals surface area contributed by atoms with Crippen LogP contribution in [0.2, 0.25) is 0 Å². The van der Waals surface area contributed by atoms with Crippen molar-refractivity contribution < 1.29 is 0 Å². The van der Waals surface area contributed by atoms with Crippen molar-refractivity contribution in [1.82, 2.24) is 19.9 Å². The van der Waals surface area contributed by atoms with Crippen LogP contribution in [0, 0.1) is 0 Å². The first-order chi connectivity index (χ1) is 21.8. The molecule has 3 heterocycles. The van der Waals surface area contributed by atoms with E-state index in [4.69, 9.17) is 19.9 Å². The van der Waals surface area contributed by atoms with Gasteiger partial charge in [0, 0.05) is 45.4 Å². The van der Waals surface area contributed by atoms with E-state index in [0.717, 1.165) is 61.0 Å². The van der Waals surface area contributed by atoms with Crippen LogP contribution in [0.25, 0.3) is 78.0 Å². The van der Waals surface area contributed by atoms with E-state index in [9.17, 15) is 0 Å². The largest absolute Gasteiger partial charge is 0.245 e. The molecule has 206 valence electrons. The zero-order valence-electron chi connectivity index (χ0n) is 23.8. The monoisotopic (exact) mass is 562 g/mol. The Hall–Kier alpha value is -6.00. The average molecular weight is 563 g/mol. The van der Waals surface area contributed by atoms with Gasteiger partial charge in [-0.3, -0.25) is 0 Å². The van der Waals surface area contributed by atoms with Crippen LogP contribution in [0.15, 0.2) is 158 Å². The summed E-state index contributed by atoms with van der Waals surface area (Å²) in [5.74, 6) is 0.676.